The molecule has 0 radical (unpaired) electrons. The number of carbonyl (C=O) groups is 2. The topological polar surface area (TPSA) is 63.4 Å². The van der Waals surface area contributed by atoms with Crippen molar-refractivity contribution in [1.29, 1.82) is 0 Å². The number of nitrogens with two attached hydrogens (primary N) is 1. The summed E-state index contributed by atoms with van der Waals surface area (Å²) in [5.41, 5.74) is 5.80. The second kappa shape index (κ2) is 6.63. The molecule has 2 N–H and O–H groups in total. The highest BCUT2D eigenvalue weighted by Crippen LogP contribution is 2.11. The molecule has 1 amide bonds. The quantitative estimate of drug-likeness (QED) is 0.691. The summed E-state index contributed by atoms with van der Waals surface area (Å²) in [6.07, 6.45) is 1.46. The minimum absolute atomic E-state index is 0.109. The lowest BCUT2D eigenvalue weighted by Crippen LogP contribution is -2.49. The first-order valence-electron chi connectivity index (χ1n) is 5.78. The number of hydrogen-bond donors (Lipinski definition) is 1. The van der Waals surface area contributed by atoms with E-state index in [0.29, 0.717) is 12.3 Å². The Morgan fingerprint density at radius 1 is 1.31 bits per heavy atom. The molecule has 16 heavy (non-hydrogen) atoms. The number of carbonyl (C=O) groups excluding carboxylic acids is 2. The summed E-state index contributed by atoms with van der Waals surface area (Å²) in [5, 5.41) is 0. The van der Waals surface area contributed by atoms with Crippen molar-refractivity contribution in [3.63, 3.8) is 0 Å². The highest BCUT2D eigenvalue weighted by atomic mass is 16.2. The first kappa shape index (κ1) is 15.1. The fourth-order valence-corrected chi connectivity index (χ4v) is 1.71. The van der Waals surface area contributed by atoms with Gasteiger partial charge in [0, 0.05) is 7.05 Å². The van der Waals surface area contributed by atoms with E-state index in [9.17, 15) is 9.59 Å². The molecule has 0 aliphatic carbocycles. The van der Waals surface area contributed by atoms with Crippen LogP contribution in [0.5, 0.6) is 0 Å². The zero-order valence-corrected chi connectivity index (χ0v) is 10.9. The van der Waals surface area contributed by atoms with E-state index in [2.05, 4.69) is 0 Å². The van der Waals surface area contributed by atoms with Crippen molar-refractivity contribution in [2.45, 2.75) is 46.2 Å². The number of rotatable bonds is 6. The molecule has 0 rings (SSSR count). The van der Waals surface area contributed by atoms with Crippen molar-refractivity contribution < 1.29 is 9.59 Å². The van der Waals surface area contributed by atoms with Crippen molar-refractivity contribution in [3.05, 3.63) is 0 Å². The molecule has 0 aromatic heterocycles. The summed E-state index contributed by atoms with van der Waals surface area (Å²) >= 11 is 0. The Labute approximate surface area is 98.2 Å². The third-order valence-corrected chi connectivity index (χ3v) is 2.66. The van der Waals surface area contributed by atoms with Crippen LogP contribution in [-0.2, 0) is 9.59 Å². The molecule has 4 heteroatoms. The van der Waals surface area contributed by atoms with Crippen molar-refractivity contribution in [2.75, 3.05) is 7.05 Å². The van der Waals surface area contributed by atoms with Crippen LogP contribution in [0.2, 0.25) is 0 Å². The van der Waals surface area contributed by atoms with E-state index in [1.165, 1.54) is 4.90 Å². The second-order valence-electron chi connectivity index (χ2n) is 5.06. The Morgan fingerprint density at radius 2 is 1.81 bits per heavy atom. The van der Waals surface area contributed by atoms with Gasteiger partial charge in [0.1, 0.15) is 6.29 Å². The number of amides is 1. The summed E-state index contributed by atoms with van der Waals surface area (Å²) in [6, 6.07) is -0.892. The van der Waals surface area contributed by atoms with Gasteiger partial charge in [-0.15, -0.1) is 0 Å². The predicted molar refractivity (Wildman–Crippen MR) is 64.9 cm³/mol. The third kappa shape index (κ3) is 4.31. The third-order valence-electron chi connectivity index (χ3n) is 2.66. The minimum atomic E-state index is -0.508. The van der Waals surface area contributed by atoms with Gasteiger partial charge in [0.05, 0.1) is 12.1 Å². The number of aldehydes is 1. The fraction of sp³-hybridized carbons (Fsp3) is 0.833. The molecule has 0 heterocycles. The van der Waals surface area contributed by atoms with Gasteiger partial charge in [0.15, 0.2) is 0 Å². The average molecular weight is 228 g/mol. The zero-order chi connectivity index (χ0) is 12.9. The summed E-state index contributed by atoms with van der Waals surface area (Å²) in [4.78, 5) is 24.3. The van der Waals surface area contributed by atoms with Crippen LogP contribution in [0.4, 0.5) is 0 Å². The van der Waals surface area contributed by atoms with Gasteiger partial charge < -0.3 is 15.4 Å². The Kier molecular flexibility index (Phi) is 6.26. The lowest BCUT2D eigenvalue weighted by atomic mass is 10.0. The molecule has 0 aliphatic heterocycles. The van der Waals surface area contributed by atoms with Gasteiger partial charge in [0.2, 0.25) is 5.91 Å². The fourth-order valence-electron chi connectivity index (χ4n) is 1.71. The largest absolute Gasteiger partial charge is 0.334 e. The van der Waals surface area contributed by atoms with Crippen molar-refractivity contribution >= 4 is 12.2 Å². The van der Waals surface area contributed by atoms with Crippen LogP contribution in [0, 0.1) is 11.8 Å². The van der Waals surface area contributed by atoms with E-state index in [4.69, 9.17) is 5.73 Å². The molecular formula is C12H24N2O2. The molecular weight excluding hydrogens is 204 g/mol. The summed E-state index contributed by atoms with van der Waals surface area (Å²) in [5.74, 6) is 0.332. The Hall–Kier alpha value is -0.900. The van der Waals surface area contributed by atoms with Gasteiger partial charge in [-0.2, -0.15) is 0 Å². The molecule has 94 valence electrons. The van der Waals surface area contributed by atoms with E-state index in [0.717, 1.165) is 6.29 Å². The smallest absolute Gasteiger partial charge is 0.239 e. The van der Waals surface area contributed by atoms with Crippen LogP contribution in [0.3, 0.4) is 0 Å². The maximum atomic E-state index is 11.9. The van der Waals surface area contributed by atoms with Gasteiger partial charge in [-0.05, 0) is 18.3 Å². The van der Waals surface area contributed by atoms with Crippen molar-refractivity contribution in [2.24, 2.45) is 17.6 Å². The summed E-state index contributed by atoms with van der Waals surface area (Å²) in [6.45, 7) is 7.87. The summed E-state index contributed by atoms with van der Waals surface area (Å²) < 4.78 is 0. The molecule has 0 saturated heterocycles. The molecule has 0 aliphatic rings. The number of hydrogen-bond acceptors (Lipinski definition) is 3. The molecule has 0 fully saturated rings. The Bertz CT molecular complexity index is 239. The van der Waals surface area contributed by atoms with Gasteiger partial charge >= 0.3 is 0 Å². The maximum Gasteiger partial charge on any atom is 0.239 e. The molecule has 0 aromatic rings. The highest BCUT2D eigenvalue weighted by molar-refractivity contribution is 5.84. The molecule has 0 spiro atoms. The molecule has 4 nitrogen and oxygen atoms in total. The van der Waals surface area contributed by atoms with E-state index < -0.39 is 6.04 Å². The van der Waals surface area contributed by atoms with Crippen molar-refractivity contribution in [3.8, 4) is 0 Å². The SMILES string of the molecule is CC(C)C[C@H](N)C(=O)N(C)[C@H](C=O)C(C)C. The molecule has 0 bridgehead atoms. The monoisotopic (exact) mass is 228 g/mol. The number of likely N-dealkylation sites (N-methyl/N-ethyl adjacent to an activating group) is 1. The maximum absolute atomic E-state index is 11.9. The average Bonchev–Trinajstić information content (AvgIpc) is 2.15. The van der Waals surface area contributed by atoms with Crippen LogP contribution < -0.4 is 5.73 Å². The molecule has 2 atom stereocenters. The zero-order valence-electron chi connectivity index (χ0n) is 10.9. The minimum Gasteiger partial charge on any atom is -0.334 e. The van der Waals surface area contributed by atoms with Gasteiger partial charge in [-0.25, -0.2) is 0 Å². The first-order valence-corrected chi connectivity index (χ1v) is 5.78. The van der Waals surface area contributed by atoms with E-state index in [1.807, 2.05) is 27.7 Å². The van der Waals surface area contributed by atoms with E-state index >= 15 is 0 Å². The van der Waals surface area contributed by atoms with E-state index in [1.54, 1.807) is 7.05 Å². The Balaban J connectivity index is 4.52. The van der Waals surface area contributed by atoms with Gasteiger partial charge in [-0.3, -0.25) is 4.79 Å². The van der Waals surface area contributed by atoms with Crippen LogP contribution in [0.1, 0.15) is 34.1 Å². The van der Waals surface area contributed by atoms with Crippen molar-refractivity contribution in [1.82, 2.24) is 4.90 Å². The normalized spacial score (nSPS) is 15.0. The first-order chi connectivity index (χ1) is 7.31. The van der Waals surface area contributed by atoms with Crippen LogP contribution in [-0.4, -0.2) is 36.2 Å². The van der Waals surface area contributed by atoms with Crippen LogP contribution in [0.25, 0.3) is 0 Å². The lowest BCUT2D eigenvalue weighted by molar-refractivity contribution is -0.137. The Morgan fingerprint density at radius 3 is 2.12 bits per heavy atom. The van der Waals surface area contributed by atoms with Gasteiger partial charge in [-0.1, -0.05) is 27.7 Å². The van der Waals surface area contributed by atoms with E-state index in [-0.39, 0.29) is 17.9 Å². The molecule has 0 saturated carbocycles. The molecule has 0 aromatic carbocycles. The molecule has 0 unspecified atom stereocenters. The number of nitrogens with zero attached hydrogens (tertiary/aromatic N) is 1. The standard InChI is InChI=1S/C12H24N2O2/c1-8(2)6-10(13)12(16)14(5)11(7-15)9(3)4/h7-11H,6,13H2,1-5H3/t10-,11+/m0/s1. The highest BCUT2D eigenvalue weighted by Gasteiger charge is 2.26. The van der Waals surface area contributed by atoms with Crippen LogP contribution in [0.15, 0.2) is 0 Å². The summed E-state index contributed by atoms with van der Waals surface area (Å²) in [7, 11) is 1.64. The van der Waals surface area contributed by atoms with Crippen LogP contribution >= 0.6 is 0 Å². The lowest BCUT2D eigenvalue weighted by Gasteiger charge is -2.29. The predicted octanol–water partition coefficient (Wildman–Crippen LogP) is 1.04. The van der Waals surface area contributed by atoms with Gasteiger partial charge in [0.25, 0.3) is 0 Å². The second-order valence-corrected chi connectivity index (χ2v) is 5.06.